The Morgan fingerprint density at radius 2 is 2.11 bits per heavy atom. The Morgan fingerprint density at radius 1 is 1.53 bits per heavy atom. The zero-order valence-electron chi connectivity index (χ0n) is 11.0. The zero-order valence-corrected chi connectivity index (χ0v) is 11.7. The molecule has 1 amide bonds. The Kier molecular flexibility index (Phi) is 4.49. The predicted octanol–water partition coefficient (Wildman–Crippen LogP) is 2.48. The highest BCUT2D eigenvalue weighted by Crippen LogP contribution is 2.31. The van der Waals surface area contributed by atoms with Crippen LogP contribution in [0.4, 0.5) is 11.4 Å². The molecule has 1 aromatic carbocycles. The second-order valence-corrected chi connectivity index (χ2v) is 5.32. The third-order valence-corrected chi connectivity index (χ3v) is 3.17. The summed E-state index contributed by atoms with van der Waals surface area (Å²) in [6.07, 6.45) is 0. The molecule has 0 aliphatic heterocycles. The van der Waals surface area contributed by atoms with Crippen LogP contribution in [0.25, 0.3) is 0 Å². The van der Waals surface area contributed by atoms with E-state index < -0.39 is 10.3 Å². The van der Waals surface area contributed by atoms with Gasteiger partial charge in [-0.05, 0) is 32.4 Å². The van der Waals surface area contributed by atoms with Crippen molar-refractivity contribution in [2.45, 2.75) is 20.8 Å². The molecule has 1 rings (SSSR count). The van der Waals surface area contributed by atoms with E-state index in [0.29, 0.717) is 11.3 Å². The number of nitro groups is 1. The van der Waals surface area contributed by atoms with Crippen LogP contribution in [-0.4, -0.2) is 17.4 Å². The predicted molar refractivity (Wildman–Crippen MR) is 74.3 cm³/mol. The summed E-state index contributed by atoms with van der Waals surface area (Å²) in [5.74, 6) is -0.261. The number of nitrogens with two attached hydrogens (primary N) is 1. The first-order valence-electron chi connectivity index (χ1n) is 5.65. The molecule has 0 saturated heterocycles. The maximum atomic E-state index is 12.0. The third kappa shape index (κ3) is 3.42. The third-order valence-electron chi connectivity index (χ3n) is 2.86. The fraction of sp³-hybridized carbons (Fsp3) is 0.417. The standard InChI is InChI=1S/C12H16ClN3O3/c1-7-4-10(16(18)19)8(13)5-9(7)15-11(17)12(2,3)6-14/h4-5H,6,14H2,1-3H3,(H,15,17). The zero-order chi connectivity index (χ0) is 14.8. The molecule has 0 radical (unpaired) electrons. The molecule has 0 unspecified atom stereocenters. The Morgan fingerprint density at radius 3 is 2.58 bits per heavy atom. The van der Waals surface area contributed by atoms with Crippen molar-refractivity contribution in [1.29, 1.82) is 0 Å². The maximum absolute atomic E-state index is 12.0. The van der Waals surface area contributed by atoms with Gasteiger partial charge in [-0.15, -0.1) is 0 Å². The van der Waals surface area contributed by atoms with Gasteiger partial charge in [-0.1, -0.05) is 11.6 Å². The molecular formula is C12H16ClN3O3. The maximum Gasteiger partial charge on any atom is 0.288 e. The highest BCUT2D eigenvalue weighted by Gasteiger charge is 2.26. The fourth-order valence-corrected chi connectivity index (χ4v) is 1.56. The lowest BCUT2D eigenvalue weighted by molar-refractivity contribution is -0.384. The molecule has 0 heterocycles. The van der Waals surface area contributed by atoms with Gasteiger partial charge in [-0.2, -0.15) is 0 Å². The van der Waals surface area contributed by atoms with Crippen molar-refractivity contribution < 1.29 is 9.72 Å². The van der Waals surface area contributed by atoms with Crippen LogP contribution in [0.5, 0.6) is 0 Å². The molecule has 0 saturated carbocycles. The second-order valence-electron chi connectivity index (χ2n) is 4.92. The summed E-state index contributed by atoms with van der Waals surface area (Å²) in [5.41, 5.74) is 5.62. The van der Waals surface area contributed by atoms with Gasteiger partial charge in [-0.3, -0.25) is 14.9 Å². The molecular weight excluding hydrogens is 270 g/mol. The molecule has 0 aliphatic rings. The van der Waals surface area contributed by atoms with E-state index in [0.717, 1.165) is 0 Å². The number of carbonyl (C=O) groups is 1. The van der Waals surface area contributed by atoms with E-state index in [9.17, 15) is 14.9 Å². The molecule has 0 bridgehead atoms. The number of hydrogen-bond donors (Lipinski definition) is 2. The van der Waals surface area contributed by atoms with Gasteiger partial charge in [-0.25, -0.2) is 0 Å². The summed E-state index contributed by atoms with van der Waals surface area (Å²) in [6.45, 7) is 5.28. The molecule has 6 nitrogen and oxygen atoms in total. The van der Waals surface area contributed by atoms with E-state index >= 15 is 0 Å². The minimum Gasteiger partial charge on any atom is -0.329 e. The molecule has 0 aliphatic carbocycles. The first-order valence-corrected chi connectivity index (χ1v) is 6.03. The van der Waals surface area contributed by atoms with Gasteiger partial charge in [0.15, 0.2) is 0 Å². The average Bonchev–Trinajstić information content (AvgIpc) is 2.32. The van der Waals surface area contributed by atoms with Crippen molar-refractivity contribution in [3.8, 4) is 0 Å². The summed E-state index contributed by atoms with van der Waals surface area (Å²) in [4.78, 5) is 22.1. The monoisotopic (exact) mass is 285 g/mol. The summed E-state index contributed by atoms with van der Waals surface area (Å²) < 4.78 is 0. The molecule has 0 aromatic heterocycles. The van der Waals surface area contributed by atoms with Crippen LogP contribution in [0.15, 0.2) is 12.1 Å². The summed E-state index contributed by atoms with van der Waals surface area (Å²) in [5, 5.41) is 13.4. The van der Waals surface area contributed by atoms with Crippen LogP contribution < -0.4 is 11.1 Å². The molecule has 7 heteroatoms. The Labute approximate surface area is 116 Å². The topological polar surface area (TPSA) is 98.3 Å². The minimum atomic E-state index is -0.722. The van der Waals surface area contributed by atoms with Crippen molar-refractivity contribution in [3.63, 3.8) is 0 Å². The summed E-state index contributed by atoms with van der Waals surface area (Å²) >= 11 is 5.81. The number of hydrogen-bond acceptors (Lipinski definition) is 4. The second kappa shape index (κ2) is 5.54. The number of halogens is 1. The first-order chi connectivity index (χ1) is 8.69. The lowest BCUT2D eigenvalue weighted by Gasteiger charge is -2.22. The van der Waals surface area contributed by atoms with Crippen molar-refractivity contribution in [2.75, 3.05) is 11.9 Å². The van der Waals surface area contributed by atoms with Crippen molar-refractivity contribution in [2.24, 2.45) is 11.1 Å². The largest absolute Gasteiger partial charge is 0.329 e. The van der Waals surface area contributed by atoms with E-state index in [1.54, 1.807) is 20.8 Å². The van der Waals surface area contributed by atoms with Crippen LogP contribution in [0.3, 0.4) is 0 Å². The number of nitrogens with zero attached hydrogens (tertiary/aromatic N) is 1. The molecule has 0 atom stereocenters. The number of benzene rings is 1. The van der Waals surface area contributed by atoms with Gasteiger partial charge in [0.25, 0.3) is 5.69 Å². The first kappa shape index (κ1) is 15.4. The van der Waals surface area contributed by atoms with Gasteiger partial charge in [0, 0.05) is 18.3 Å². The number of rotatable bonds is 4. The quantitative estimate of drug-likeness (QED) is 0.656. The highest BCUT2D eigenvalue weighted by atomic mass is 35.5. The number of amides is 1. The number of aryl methyl sites for hydroxylation is 1. The van der Waals surface area contributed by atoms with E-state index in [-0.39, 0.29) is 23.2 Å². The van der Waals surface area contributed by atoms with Crippen LogP contribution in [0.1, 0.15) is 19.4 Å². The van der Waals surface area contributed by atoms with Gasteiger partial charge in [0.1, 0.15) is 5.02 Å². The lowest BCUT2D eigenvalue weighted by atomic mass is 9.92. The number of anilines is 1. The molecule has 19 heavy (non-hydrogen) atoms. The smallest absolute Gasteiger partial charge is 0.288 e. The van der Waals surface area contributed by atoms with Gasteiger partial charge in [0.05, 0.1) is 10.3 Å². The van der Waals surface area contributed by atoms with E-state index in [4.69, 9.17) is 17.3 Å². The van der Waals surface area contributed by atoms with E-state index in [1.165, 1.54) is 12.1 Å². The highest BCUT2D eigenvalue weighted by molar-refractivity contribution is 6.33. The Bertz CT molecular complexity index is 529. The molecule has 3 N–H and O–H groups in total. The number of carbonyl (C=O) groups excluding carboxylic acids is 1. The molecule has 104 valence electrons. The molecule has 0 fully saturated rings. The Hall–Kier alpha value is -1.66. The fourth-order valence-electron chi connectivity index (χ4n) is 1.33. The molecule has 0 spiro atoms. The normalized spacial score (nSPS) is 11.2. The van der Waals surface area contributed by atoms with Crippen LogP contribution in [-0.2, 0) is 4.79 Å². The van der Waals surface area contributed by atoms with Crippen LogP contribution >= 0.6 is 11.6 Å². The van der Waals surface area contributed by atoms with E-state index in [1.807, 2.05) is 0 Å². The lowest BCUT2D eigenvalue weighted by Crippen LogP contribution is -2.37. The number of nitrogens with one attached hydrogen (secondary N) is 1. The summed E-state index contributed by atoms with van der Waals surface area (Å²) in [7, 11) is 0. The van der Waals surface area contributed by atoms with Crippen LogP contribution in [0.2, 0.25) is 5.02 Å². The SMILES string of the molecule is Cc1cc([N+](=O)[O-])c(Cl)cc1NC(=O)C(C)(C)CN. The van der Waals surface area contributed by atoms with Crippen molar-refractivity contribution >= 4 is 28.9 Å². The van der Waals surface area contributed by atoms with E-state index in [2.05, 4.69) is 5.32 Å². The van der Waals surface area contributed by atoms with Gasteiger partial charge in [0.2, 0.25) is 5.91 Å². The van der Waals surface area contributed by atoms with Crippen molar-refractivity contribution in [3.05, 3.63) is 32.8 Å². The van der Waals surface area contributed by atoms with Gasteiger partial charge >= 0.3 is 0 Å². The molecule has 1 aromatic rings. The number of nitro benzene ring substituents is 1. The van der Waals surface area contributed by atoms with Crippen LogP contribution in [0, 0.1) is 22.5 Å². The average molecular weight is 286 g/mol. The van der Waals surface area contributed by atoms with Gasteiger partial charge < -0.3 is 11.1 Å². The minimum absolute atomic E-state index is 0.0172. The Balaban J connectivity index is 3.08. The van der Waals surface area contributed by atoms with Crippen molar-refractivity contribution in [1.82, 2.24) is 0 Å². The summed E-state index contributed by atoms with van der Waals surface area (Å²) in [6, 6.07) is 2.70.